The van der Waals surface area contributed by atoms with Crippen molar-refractivity contribution in [3.8, 4) is 0 Å². The van der Waals surface area contributed by atoms with Crippen LogP contribution in [0.15, 0.2) is 10.5 Å². The first-order chi connectivity index (χ1) is 8.90. The number of nitrogens with zero attached hydrogens (tertiary/aromatic N) is 4. The van der Waals surface area contributed by atoms with Gasteiger partial charge in [-0.25, -0.2) is 0 Å². The summed E-state index contributed by atoms with van der Waals surface area (Å²) in [6.07, 6.45) is -0.121. The van der Waals surface area contributed by atoms with Crippen LogP contribution in [-0.4, -0.2) is 25.1 Å². The molecular weight excluding hydrogens is 308 g/mol. The van der Waals surface area contributed by atoms with Crippen molar-refractivity contribution >= 4 is 15.9 Å². The molecule has 19 heavy (non-hydrogen) atoms. The fraction of sp³-hybridized carbons (Fsp3) is 0.462. The summed E-state index contributed by atoms with van der Waals surface area (Å²) in [5.74, 6) is 0. The first-order valence-electron chi connectivity index (χ1n) is 6.07. The predicted octanol–water partition coefficient (Wildman–Crippen LogP) is 2.17. The Balaban J connectivity index is 2.30. The Bertz CT molecular complexity index is 609. The maximum absolute atomic E-state index is 10.4. The highest BCUT2D eigenvalue weighted by atomic mass is 79.9. The molecule has 0 saturated heterocycles. The molecule has 0 spiro atoms. The molecule has 0 aliphatic heterocycles. The van der Waals surface area contributed by atoms with E-state index >= 15 is 0 Å². The fourth-order valence-corrected chi connectivity index (χ4v) is 2.60. The summed E-state index contributed by atoms with van der Waals surface area (Å²) >= 11 is 3.51. The van der Waals surface area contributed by atoms with Gasteiger partial charge in [0.25, 0.3) is 0 Å². The molecule has 0 aliphatic rings. The maximum atomic E-state index is 10.4. The molecule has 0 amide bonds. The Morgan fingerprint density at radius 1 is 1.26 bits per heavy atom. The van der Waals surface area contributed by atoms with E-state index in [4.69, 9.17) is 0 Å². The van der Waals surface area contributed by atoms with E-state index in [-0.39, 0.29) is 0 Å². The topological polar surface area (TPSA) is 63.8 Å². The van der Waals surface area contributed by atoms with Crippen LogP contribution in [0.4, 0.5) is 0 Å². The molecule has 0 fully saturated rings. The van der Waals surface area contributed by atoms with E-state index in [0.717, 1.165) is 32.8 Å². The summed E-state index contributed by atoms with van der Waals surface area (Å²) in [7, 11) is 1.88. The van der Waals surface area contributed by atoms with Gasteiger partial charge >= 0.3 is 0 Å². The molecule has 0 aromatic carbocycles. The zero-order valence-corrected chi connectivity index (χ0v) is 13.1. The molecule has 0 aliphatic carbocycles. The van der Waals surface area contributed by atoms with E-state index in [9.17, 15) is 5.11 Å². The third kappa shape index (κ3) is 2.84. The number of aromatic nitrogens is 4. The summed E-state index contributed by atoms with van der Waals surface area (Å²) in [6.45, 7) is 5.66. The van der Waals surface area contributed by atoms with Gasteiger partial charge in [0.05, 0.1) is 33.4 Å². The average molecular weight is 325 g/mol. The molecular formula is C13H17BrN4O. The summed E-state index contributed by atoms with van der Waals surface area (Å²) in [6, 6.07) is 1.88. The molecule has 0 radical (unpaired) electrons. The molecule has 1 unspecified atom stereocenters. The number of hydrogen-bond acceptors (Lipinski definition) is 4. The summed E-state index contributed by atoms with van der Waals surface area (Å²) in [5, 5.41) is 22.8. The first kappa shape index (κ1) is 14.1. The predicted molar refractivity (Wildman–Crippen MR) is 75.8 cm³/mol. The second-order valence-electron chi connectivity index (χ2n) is 4.72. The van der Waals surface area contributed by atoms with Gasteiger partial charge in [-0.15, -0.1) is 0 Å². The van der Waals surface area contributed by atoms with Crippen LogP contribution >= 0.6 is 15.9 Å². The lowest BCUT2D eigenvalue weighted by atomic mass is 10.0. The Morgan fingerprint density at radius 2 is 1.95 bits per heavy atom. The molecule has 5 nitrogen and oxygen atoms in total. The Labute approximate surface area is 120 Å². The summed E-state index contributed by atoms with van der Waals surface area (Å²) in [4.78, 5) is 0. The van der Waals surface area contributed by atoms with Gasteiger partial charge in [0, 0.05) is 19.0 Å². The Morgan fingerprint density at radius 3 is 2.53 bits per heavy atom. The Kier molecular flexibility index (Phi) is 4.01. The molecule has 2 aromatic rings. The second-order valence-corrected chi connectivity index (χ2v) is 5.51. The molecule has 2 aromatic heterocycles. The molecule has 2 heterocycles. The molecule has 6 heteroatoms. The van der Waals surface area contributed by atoms with Gasteiger partial charge in [0.2, 0.25) is 0 Å². The van der Waals surface area contributed by atoms with Crippen LogP contribution in [0.25, 0.3) is 0 Å². The molecule has 1 atom stereocenters. The SMILES string of the molecule is Cc1cc(C(O)Cc2c(Br)c(C)nn2C)c(C)nn1. The number of rotatable bonds is 3. The van der Waals surface area contributed by atoms with Crippen molar-refractivity contribution < 1.29 is 5.11 Å². The highest BCUT2D eigenvalue weighted by Gasteiger charge is 2.18. The minimum atomic E-state index is -0.611. The number of hydrogen-bond donors (Lipinski definition) is 1. The minimum absolute atomic E-state index is 0.490. The largest absolute Gasteiger partial charge is 0.388 e. The number of halogens is 1. The third-order valence-electron chi connectivity index (χ3n) is 3.15. The van der Waals surface area contributed by atoms with Crippen molar-refractivity contribution in [1.29, 1.82) is 0 Å². The average Bonchev–Trinajstić information content (AvgIpc) is 2.59. The van der Waals surface area contributed by atoms with Crippen molar-refractivity contribution in [1.82, 2.24) is 20.0 Å². The van der Waals surface area contributed by atoms with Gasteiger partial charge in [0.15, 0.2) is 0 Å². The van der Waals surface area contributed by atoms with Crippen molar-refractivity contribution in [2.75, 3.05) is 0 Å². The lowest BCUT2D eigenvalue weighted by Gasteiger charge is -2.13. The zero-order valence-electron chi connectivity index (χ0n) is 11.5. The first-order valence-corrected chi connectivity index (χ1v) is 6.86. The van der Waals surface area contributed by atoms with E-state index in [1.165, 1.54) is 0 Å². The van der Waals surface area contributed by atoms with Crippen LogP contribution < -0.4 is 0 Å². The van der Waals surface area contributed by atoms with Gasteiger partial charge in [-0.2, -0.15) is 15.3 Å². The van der Waals surface area contributed by atoms with Crippen molar-refractivity contribution in [3.05, 3.63) is 38.9 Å². The van der Waals surface area contributed by atoms with Gasteiger partial charge in [-0.1, -0.05) is 0 Å². The van der Waals surface area contributed by atoms with Crippen LogP contribution in [0, 0.1) is 20.8 Å². The smallest absolute Gasteiger partial charge is 0.0864 e. The zero-order chi connectivity index (χ0) is 14.2. The van der Waals surface area contributed by atoms with E-state index in [1.807, 2.05) is 33.9 Å². The van der Waals surface area contributed by atoms with Crippen LogP contribution in [0.1, 0.15) is 34.4 Å². The highest BCUT2D eigenvalue weighted by molar-refractivity contribution is 9.10. The number of aliphatic hydroxyl groups is 1. The Hall–Kier alpha value is -1.27. The van der Waals surface area contributed by atoms with Crippen LogP contribution in [0.5, 0.6) is 0 Å². The van der Waals surface area contributed by atoms with Crippen molar-refractivity contribution in [2.45, 2.75) is 33.3 Å². The minimum Gasteiger partial charge on any atom is -0.388 e. The van der Waals surface area contributed by atoms with Crippen LogP contribution in [0.3, 0.4) is 0 Å². The standard InChI is InChI=1S/C13H17BrN4O/c1-7-5-10(8(2)16-15-7)12(19)6-11-13(14)9(3)17-18(11)4/h5,12,19H,6H2,1-4H3. The van der Waals surface area contributed by atoms with E-state index in [1.54, 1.807) is 4.68 Å². The second kappa shape index (κ2) is 5.38. The quantitative estimate of drug-likeness (QED) is 0.939. The van der Waals surface area contributed by atoms with Crippen molar-refractivity contribution in [2.24, 2.45) is 7.05 Å². The van der Waals surface area contributed by atoms with Crippen LogP contribution in [-0.2, 0) is 13.5 Å². The molecule has 2 rings (SSSR count). The van der Waals surface area contributed by atoms with E-state index in [0.29, 0.717) is 6.42 Å². The lowest BCUT2D eigenvalue weighted by molar-refractivity contribution is 0.174. The normalized spacial score (nSPS) is 12.7. The molecule has 0 saturated carbocycles. The van der Waals surface area contributed by atoms with Crippen LogP contribution in [0.2, 0.25) is 0 Å². The van der Waals surface area contributed by atoms with E-state index in [2.05, 4.69) is 31.2 Å². The maximum Gasteiger partial charge on any atom is 0.0864 e. The van der Waals surface area contributed by atoms with Gasteiger partial charge in [-0.05, 0) is 42.8 Å². The summed E-state index contributed by atoms with van der Waals surface area (Å²) < 4.78 is 2.74. The van der Waals surface area contributed by atoms with Crippen molar-refractivity contribution in [3.63, 3.8) is 0 Å². The fourth-order valence-electron chi connectivity index (χ4n) is 2.10. The molecule has 1 N–H and O–H groups in total. The monoisotopic (exact) mass is 324 g/mol. The number of aryl methyl sites for hydroxylation is 4. The van der Waals surface area contributed by atoms with Gasteiger partial charge < -0.3 is 5.11 Å². The highest BCUT2D eigenvalue weighted by Crippen LogP contribution is 2.26. The van der Waals surface area contributed by atoms with E-state index < -0.39 is 6.10 Å². The number of aliphatic hydroxyl groups excluding tert-OH is 1. The molecule has 102 valence electrons. The lowest BCUT2D eigenvalue weighted by Crippen LogP contribution is -2.10. The summed E-state index contributed by atoms with van der Waals surface area (Å²) in [5.41, 5.74) is 4.27. The molecule has 0 bridgehead atoms. The third-order valence-corrected chi connectivity index (χ3v) is 4.18. The van der Waals surface area contributed by atoms with Gasteiger partial charge in [-0.3, -0.25) is 4.68 Å². The van der Waals surface area contributed by atoms with Gasteiger partial charge in [0.1, 0.15) is 0 Å².